The van der Waals surface area contributed by atoms with Gasteiger partial charge in [-0.15, -0.1) is 0 Å². The Hall–Kier alpha value is -1.86. The van der Waals surface area contributed by atoms with Gasteiger partial charge in [-0.1, -0.05) is 13.8 Å². The molecule has 1 aromatic heterocycles. The van der Waals surface area contributed by atoms with E-state index in [1.807, 2.05) is 13.8 Å². The zero-order chi connectivity index (χ0) is 16.8. The Morgan fingerprint density at radius 1 is 1.52 bits per heavy atom. The van der Waals surface area contributed by atoms with E-state index in [1.165, 1.54) is 0 Å². The number of rotatable bonds is 5. The van der Waals surface area contributed by atoms with E-state index in [1.54, 1.807) is 30.0 Å². The number of carbonyl (C=O) groups excluding carboxylic acids is 1. The lowest BCUT2D eigenvalue weighted by atomic mass is 10.1. The summed E-state index contributed by atoms with van der Waals surface area (Å²) in [6, 6.07) is 3.17. The monoisotopic (exact) mass is 324 g/mol. The molecule has 1 saturated heterocycles. The lowest BCUT2D eigenvalue weighted by Gasteiger charge is -2.31. The van der Waals surface area contributed by atoms with Gasteiger partial charge in [0, 0.05) is 19.9 Å². The zero-order valence-corrected chi connectivity index (χ0v) is 13.8. The predicted molar refractivity (Wildman–Crippen MR) is 85.8 cm³/mol. The molecule has 1 aliphatic rings. The van der Waals surface area contributed by atoms with Crippen molar-refractivity contribution in [1.82, 2.24) is 4.57 Å². The van der Waals surface area contributed by atoms with E-state index in [9.17, 15) is 9.59 Å². The lowest BCUT2D eigenvalue weighted by molar-refractivity contribution is -0.0609. The Morgan fingerprint density at radius 3 is 3.00 bits per heavy atom. The quantitative estimate of drug-likeness (QED) is 0.896. The summed E-state index contributed by atoms with van der Waals surface area (Å²) in [5, 5.41) is 2.51. The number of pyridine rings is 1. The predicted octanol–water partition coefficient (Wildman–Crippen LogP) is 2.03. The number of nitrogens with zero attached hydrogens (tertiary/aromatic N) is 1. The number of ether oxygens (including phenoxy) is 3. The minimum Gasteiger partial charge on any atom is -0.449 e. The van der Waals surface area contributed by atoms with Crippen LogP contribution in [-0.4, -0.2) is 43.7 Å². The first kappa shape index (κ1) is 17.5. The number of methoxy groups -OCH3 is 1. The van der Waals surface area contributed by atoms with E-state index in [2.05, 4.69) is 5.32 Å². The zero-order valence-electron chi connectivity index (χ0n) is 13.8. The number of anilines is 1. The van der Waals surface area contributed by atoms with E-state index in [-0.39, 0.29) is 29.3 Å². The highest BCUT2D eigenvalue weighted by Crippen LogP contribution is 2.22. The number of hydrogen-bond acceptors (Lipinski definition) is 5. The Labute approximate surface area is 135 Å². The van der Waals surface area contributed by atoms with Gasteiger partial charge in [-0.05, 0) is 24.5 Å². The van der Waals surface area contributed by atoms with Crippen LogP contribution in [0.5, 0.6) is 0 Å². The molecular formula is C16H24N2O5. The number of nitrogens with one attached hydrogen (secondary N) is 1. The van der Waals surface area contributed by atoms with Crippen LogP contribution in [0.15, 0.2) is 23.1 Å². The van der Waals surface area contributed by atoms with Crippen LogP contribution < -0.4 is 10.9 Å². The van der Waals surface area contributed by atoms with Crippen LogP contribution in [0, 0.1) is 5.92 Å². The fraction of sp³-hybridized carbons (Fsp3) is 0.625. The van der Waals surface area contributed by atoms with Crippen molar-refractivity contribution in [3.8, 4) is 0 Å². The van der Waals surface area contributed by atoms with E-state index in [4.69, 9.17) is 14.2 Å². The third kappa shape index (κ3) is 4.56. The summed E-state index contributed by atoms with van der Waals surface area (Å²) < 4.78 is 17.4. The first-order chi connectivity index (χ1) is 11.0. The minimum absolute atomic E-state index is 0.116. The van der Waals surface area contributed by atoms with Crippen molar-refractivity contribution in [3.63, 3.8) is 0 Å². The average molecular weight is 324 g/mol. The lowest BCUT2D eigenvalue weighted by Crippen LogP contribution is -2.40. The molecule has 2 rings (SSSR count). The topological polar surface area (TPSA) is 78.8 Å². The number of carbonyl (C=O) groups is 1. The molecule has 1 amide bonds. The normalized spacial score (nSPS) is 21.2. The fourth-order valence-corrected chi connectivity index (χ4v) is 2.50. The Kier molecular flexibility index (Phi) is 6.18. The van der Waals surface area contributed by atoms with Gasteiger partial charge in [-0.25, -0.2) is 4.79 Å². The maximum Gasteiger partial charge on any atom is 0.411 e. The van der Waals surface area contributed by atoms with E-state index < -0.39 is 6.09 Å². The molecule has 2 atom stereocenters. The van der Waals surface area contributed by atoms with Gasteiger partial charge in [-0.2, -0.15) is 0 Å². The van der Waals surface area contributed by atoms with Crippen molar-refractivity contribution < 1.29 is 19.0 Å². The number of hydrogen-bond donors (Lipinski definition) is 1. The molecule has 1 aromatic rings. The van der Waals surface area contributed by atoms with Crippen LogP contribution in [-0.2, 0) is 14.2 Å². The second-order valence-corrected chi connectivity index (χ2v) is 5.96. The molecule has 0 saturated carbocycles. The van der Waals surface area contributed by atoms with Gasteiger partial charge in [0.15, 0.2) is 0 Å². The molecule has 0 aromatic carbocycles. The van der Waals surface area contributed by atoms with Gasteiger partial charge in [0.05, 0.1) is 19.3 Å². The van der Waals surface area contributed by atoms with Crippen molar-refractivity contribution in [2.24, 2.45) is 5.92 Å². The van der Waals surface area contributed by atoms with Gasteiger partial charge >= 0.3 is 6.09 Å². The summed E-state index contributed by atoms with van der Waals surface area (Å²) in [6.07, 6.45) is 1.57. The van der Waals surface area contributed by atoms with Crippen LogP contribution in [0.25, 0.3) is 0 Å². The molecule has 0 radical (unpaired) electrons. The van der Waals surface area contributed by atoms with Crippen LogP contribution in [0.1, 0.15) is 26.3 Å². The Bertz CT molecular complexity index is 584. The summed E-state index contributed by atoms with van der Waals surface area (Å²) in [7, 11) is 1.60. The van der Waals surface area contributed by atoms with Crippen molar-refractivity contribution in [2.45, 2.75) is 32.4 Å². The Morgan fingerprint density at radius 2 is 2.30 bits per heavy atom. The van der Waals surface area contributed by atoms with Crippen molar-refractivity contribution in [1.29, 1.82) is 0 Å². The minimum atomic E-state index is -0.621. The van der Waals surface area contributed by atoms with Gasteiger partial charge in [0.2, 0.25) is 0 Å². The average Bonchev–Trinajstić information content (AvgIpc) is 2.55. The summed E-state index contributed by atoms with van der Waals surface area (Å²) in [5.41, 5.74) is -0.0782. The molecule has 2 heterocycles. The van der Waals surface area contributed by atoms with Crippen molar-refractivity contribution in [2.75, 3.05) is 32.2 Å². The standard InChI is InChI=1S/C16H24N2O5/c1-11(2)9-23-16(20)17-12-5-4-7-18(15(12)19)13-6-8-22-10-14(13)21-3/h4-5,7,11,13-14H,6,8-10H2,1-3H3,(H,17,20). The molecule has 1 N–H and O–H groups in total. The van der Waals surface area contributed by atoms with Gasteiger partial charge in [-0.3, -0.25) is 10.1 Å². The molecule has 0 bridgehead atoms. The second-order valence-electron chi connectivity index (χ2n) is 5.96. The molecule has 1 aliphatic heterocycles. The van der Waals surface area contributed by atoms with E-state index >= 15 is 0 Å². The van der Waals surface area contributed by atoms with Gasteiger partial charge in [0.1, 0.15) is 11.8 Å². The summed E-state index contributed by atoms with van der Waals surface area (Å²) >= 11 is 0. The molecule has 2 unspecified atom stereocenters. The van der Waals surface area contributed by atoms with Gasteiger partial charge in [0.25, 0.3) is 5.56 Å². The van der Waals surface area contributed by atoms with Gasteiger partial charge < -0.3 is 18.8 Å². The maximum atomic E-state index is 12.6. The van der Waals surface area contributed by atoms with E-state index in [0.717, 1.165) is 0 Å². The van der Waals surface area contributed by atoms with E-state index in [0.29, 0.717) is 26.2 Å². The third-order valence-corrected chi connectivity index (χ3v) is 3.69. The number of aromatic nitrogens is 1. The summed E-state index contributed by atoms with van der Waals surface area (Å²) in [4.78, 5) is 24.4. The highest BCUT2D eigenvalue weighted by atomic mass is 16.5. The molecular weight excluding hydrogens is 300 g/mol. The summed E-state index contributed by atoms with van der Waals surface area (Å²) in [5.74, 6) is 0.234. The first-order valence-corrected chi connectivity index (χ1v) is 7.78. The molecule has 128 valence electrons. The first-order valence-electron chi connectivity index (χ1n) is 7.78. The Balaban J connectivity index is 2.14. The molecule has 7 heteroatoms. The third-order valence-electron chi connectivity index (χ3n) is 3.69. The molecule has 7 nitrogen and oxygen atoms in total. The smallest absolute Gasteiger partial charge is 0.411 e. The second kappa shape index (κ2) is 8.12. The van der Waals surface area contributed by atoms with Crippen molar-refractivity contribution >= 4 is 11.8 Å². The van der Waals surface area contributed by atoms with Crippen LogP contribution in [0.4, 0.5) is 10.5 Å². The molecule has 23 heavy (non-hydrogen) atoms. The molecule has 0 aliphatic carbocycles. The fourth-order valence-electron chi connectivity index (χ4n) is 2.50. The van der Waals surface area contributed by atoms with Crippen molar-refractivity contribution in [3.05, 3.63) is 28.7 Å². The largest absolute Gasteiger partial charge is 0.449 e. The SMILES string of the molecule is COC1COCCC1n1cccc(NC(=O)OCC(C)C)c1=O. The maximum absolute atomic E-state index is 12.6. The van der Waals surface area contributed by atoms with Crippen LogP contribution in [0.3, 0.4) is 0 Å². The highest BCUT2D eigenvalue weighted by Gasteiger charge is 2.28. The molecule has 1 fully saturated rings. The molecule has 0 spiro atoms. The summed E-state index contributed by atoms with van der Waals surface area (Å²) in [6.45, 7) is 5.21. The van der Waals surface area contributed by atoms with Crippen LogP contribution >= 0.6 is 0 Å². The van der Waals surface area contributed by atoms with Crippen LogP contribution in [0.2, 0.25) is 0 Å². The highest BCUT2D eigenvalue weighted by molar-refractivity contribution is 5.84. The number of amides is 1.